The summed E-state index contributed by atoms with van der Waals surface area (Å²) in [5.74, 6) is 0.962. The molecule has 0 aliphatic carbocycles. The zero-order chi connectivity index (χ0) is 24.6. The van der Waals surface area contributed by atoms with Gasteiger partial charge in [0.25, 0.3) is 0 Å². The Balaban J connectivity index is 1.36. The molecule has 0 amide bonds. The third-order valence-electron chi connectivity index (χ3n) is 7.44. The second-order valence-corrected chi connectivity index (χ2v) is 10.6. The summed E-state index contributed by atoms with van der Waals surface area (Å²) in [5.41, 5.74) is 3.55. The Kier molecular flexibility index (Phi) is 6.34. The minimum Gasteiger partial charge on any atom is -0.508 e. The molecule has 3 aromatic rings. The van der Waals surface area contributed by atoms with E-state index in [9.17, 15) is 10.2 Å². The van der Waals surface area contributed by atoms with Crippen molar-refractivity contribution in [1.29, 1.82) is 0 Å². The van der Waals surface area contributed by atoms with Crippen LogP contribution in [0.4, 0.5) is 0 Å². The standard InChI is InChI=1S/C29H31ClN2O3/c1-28(2)19-32(16-13-29(28,34)20-7-9-21(30)10-8-20)15-4-6-23-24-5-3-14-31-26(24)18-35-27-12-11-22(33)17-25(23)27/h3,5-12,14,17,33-34H,4,13,15-16,18-19H2,1-2H3. The van der Waals surface area contributed by atoms with Crippen molar-refractivity contribution in [2.45, 2.75) is 38.9 Å². The highest BCUT2D eigenvalue weighted by Gasteiger charge is 2.48. The van der Waals surface area contributed by atoms with Crippen LogP contribution in [0.3, 0.4) is 0 Å². The Hall–Kier alpha value is -2.86. The Morgan fingerprint density at radius 1 is 1.11 bits per heavy atom. The molecule has 1 fully saturated rings. The van der Waals surface area contributed by atoms with Crippen molar-refractivity contribution < 1.29 is 14.9 Å². The smallest absolute Gasteiger partial charge is 0.131 e. The lowest BCUT2D eigenvalue weighted by molar-refractivity contribution is -0.125. The monoisotopic (exact) mass is 490 g/mol. The van der Waals surface area contributed by atoms with E-state index in [1.54, 1.807) is 18.3 Å². The fraction of sp³-hybridized carbons (Fsp3) is 0.345. The van der Waals surface area contributed by atoms with E-state index in [1.807, 2.05) is 36.4 Å². The van der Waals surface area contributed by atoms with Gasteiger partial charge in [-0.25, -0.2) is 0 Å². The molecule has 6 heteroatoms. The first-order chi connectivity index (χ1) is 16.8. The molecule has 182 valence electrons. The van der Waals surface area contributed by atoms with E-state index in [1.165, 1.54) is 0 Å². The van der Waals surface area contributed by atoms with Gasteiger partial charge in [-0.1, -0.05) is 49.7 Å². The molecule has 2 aromatic carbocycles. The Bertz CT molecular complexity index is 1260. The van der Waals surface area contributed by atoms with Crippen LogP contribution in [0.25, 0.3) is 5.57 Å². The van der Waals surface area contributed by atoms with Crippen molar-refractivity contribution in [3.05, 3.63) is 94.3 Å². The van der Waals surface area contributed by atoms with Crippen LogP contribution in [0.2, 0.25) is 5.02 Å². The highest BCUT2D eigenvalue weighted by atomic mass is 35.5. The Morgan fingerprint density at radius 2 is 1.91 bits per heavy atom. The van der Waals surface area contributed by atoms with Crippen molar-refractivity contribution >= 4 is 17.2 Å². The molecule has 1 unspecified atom stereocenters. The van der Waals surface area contributed by atoms with Crippen LogP contribution in [-0.2, 0) is 12.2 Å². The summed E-state index contributed by atoms with van der Waals surface area (Å²) < 4.78 is 6.00. The number of ether oxygens (including phenoxy) is 1. The maximum Gasteiger partial charge on any atom is 0.131 e. The van der Waals surface area contributed by atoms with Gasteiger partial charge in [0.1, 0.15) is 18.1 Å². The molecule has 2 N–H and O–H groups in total. The summed E-state index contributed by atoms with van der Waals surface area (Å²) in [7, 11) is 0. The van der Waals surface area contributed by atoms with Gasteiger partial charge in [0.15, 0.2) is 0 Å². The van der Waals surface area contributed by atoms with E-state index in [0.717, 1.165) is 59.8 Å². The molecule has 0 radical (unpaired) electrons. The van der Waals surface area contributed by atoms with Crippen molar-refractivity contribution in [3.8, 4) is 11.5 Å². The number of aliphatic hydroxyl groups is 1. The van der Waals surface area contributed by atoms with Crippen LogP contribution < -0.4 is 4.74 Å². The number of fused-ring (bicyclic) bond motifs is 2. The van der Waals surface area contributed by atoms with Crippen LogP contribution in [0.15, 0.2) is 66.9 Å². The molecule has 2 aliphatic heterocycles. The first-order valence-corrected chi connectivity index (χ1v) is 12.5. The van der Waals surface area contributed by atoms with Crippen LogP contribution >= 0.6 is 11.6 Å². The average molecular weight is 491 g/mol. The molecule has 1 aromatic heterocycles. The number of nitrogens with zero attached hydrogens (tertiary/aromatic N) is 2. The highest BCUT2D eigenvalue weighted by Crippen LogP contribution is 2.46. The molecule has 1 atom stereocenters. The first kappa shape index (κ1) is 23.9. The molecule has 0 spiro atoms. The number of rotatable bonds is 4. The summed E-state index contributed by atoms with van der Waals surface area (Å²) in [5, 5.41) is 22.5. The fourth-order valence-corrected chi connectivity index (χ4v) is 5.56. The minimum absolute atomic E-state index is 0.213. The van der Waals surface area contributed by atoms with E-state index in [4.69, 9.17) is 16.3 Å². The minimum atomic E-state index is -0.897. The molecule has 3 heterocycles. The van der Waals surface area contributed by atoms with E-state index in [-0.39, 0.29) is 11.2 Å². The number of pyridine rings is 1. The van der Waals surface area contributed by atoms with Gasteiger partial charge in [-0.15, -0.1) is 0 Å². The molecule has 0 saturated carbocycles. The molecule has 35 heavy (non-hydrogen) atoms. The van der Waals surface area contributed by atoms with Crippen LogP contribution in [0.5, 0.6) is 11.5 Å². The van der Waals surface area contributed by atoms with Crippen LogP contribution in [0, 0.1) is 5.41 Å². The summed E-state index contributed by atoms with van der Waals surface area (Å²) in [6, 6.07) is 16.8. The van der Waals surface area contributed by atoms with Gasteiger partial charge in [-0.05, 0) is 60.4 Å². The van der Waals surface area contributed by atoms with Crippen molar-refractivity contribution in [3.63, 3.8) is 0 Å². The number of aromatic hydroxyl groups is 1. The number of piperidine rings is 1. The summed E-state index contributed by atoms with van der Waals surface area (Å²) in [6.45, 7) is 7.13. The topological polar surface area (TPSA) is 65.8 Å². The van der Waals surface area contributed by atoms with Crippen LogP contribution in [0.1, 0.15) is 49.1 Å². The zero-order valence-electron chi connectivity index (χ0n) is 20.2. The number of hydrogen-bond acceptors (Lipinski definition) is 5. The summed E-state index contributed by atoms with van der Waals surface area (Å²) >= 11 is 6.07. The van der Waals surface area contributed by atoms with Gasteiger partial charge in [-0.2, -0.15) is 0 Å². The summed E-state index contributed by atoms with van der Waals surface area (Å²) in [4.78, 5) is 6.95. The lowest BCUT2D eigenvalue weighted by Crippen LogP contribution is -2.55. The van der Waals surface area contributed by atoms with E-state index >= 15 is 0 Å². The van der Waals surface area contributed by atoms with Gasteiger partial charge in [-0.3, -0.25) is 4.98 Å². The van der Waals surface area contributed by atoms with Crippen molar-refractivity contribution in [2.75, 3.05) is 19.6 Å². The number of phenolic OH excluding ortho intramolecular Hbond substituents is 1. The summed E-state index contributed by atoms with van der Waals surface area (Å²) in [6.07, 6.45) is 5.50. The van der Waals surface area contributed by atoms with Gasteiger partial charge in [0, 0.05) is 47.4 Å². The average Bonchev–Trinajstić information content (AvgIpc) is 2.98. The number of halogens is 1. The second kappa shape index (κ2) is 9.30. The third-order valence-corrected chi connectivity index (χ3v) is 7.69. The predicted molar refractivity (Wildman–Crippen MR) is 139 cm³/mol. The van der Waals surface area contributed by atoms with Gasteiger partial charge in [0.05, 0.1) is 11.3 Å². The van der Waals surface area contributed by atoms with E-state index in [2.05, 4.69) is 35.9 Å². The quantitative estimate of drug-likeness (QED) is 0.485. The number of benzene rings is 2. The normalized spacial score (nSPS) is 22.7. The molecule has 0 bridgehead atoms. The molecular formula is C29H31ClN2O3. The number of aromatic nitrogens is 1. The molecule has 5 nitrogen and oxygen atoms in total. The maximum absolute atomic E-state index is 11.7. The number of hydrogen-bond donors (Lipinski definition) is 2. The van der Waals surface area contributed by atoms with Crippen molar-refractivity contribution in [1.82, 2.24) is 9.88 Å². The van der Waals surface area contributed by atoms with E-state index in [0.29, 0.717) is 18.1 Å². The lowest BCUT2D eigenvalue weighted by atomic mass is 9.66. The molecular weight excluding hydrogens is 460 g/mol. The molecule has 5 rings (SSSR count). The van der Waals surface area contributed by atoms with Crippen LogP contribution in [-0.4, -0.2) is 39.7 Å². The number of phenols is 1. The third kappa shape index (κ3) is 4.56. The SMILES string of the molecule is CC1(C)CN(CCC=C2c3cc(O)ccc3OCc3ncccc32)CCC1(O)c1ccc(Cl)cc1. The molecule has 2 aliphatic rings. The predicted octanol–water partition coefficient (Wildman–Crippen LogP) is 5.77. The lowest BCUT2D eigenvalue weighted by Gasteiger charge is -2.50. The van der Waals surface area contributed by atoms with Gasteiger partial charge in [0.2, 0.25) is 0 Å². The van der Waals surface area contributed by atoms with Crippen molar-refractivity contribution in [2.24, 2.45) is 5.41 Å². The maximum atomic E-state index is 11.7. The largest absolute Gasteiger partial charge is 0.508 e. The molecule has 1 saturated heterocycles. The zero-order valence-corrected chi connectivity index (χ0v) is 20.9. The van der Waals surface area contributed by atoms with Gasteiger partial charge < -0.3 is 19.8 Å². The Labute approximate surface area is 211 Å². The van der Waals surface area contributed by atoms with Gasteiger partial charge >= 0.3 is 0 Å². The number of likely N-dealkylation sites (tertiary alicyclic amines) is 1. The Morgan fingerprint density at radius 3 is 2.69 bits per heavy atom. The van der Waals surface area contributed by atoms with E-state index < -0.39 is 5.60 Å². The highest BCUT2D eigenvalue weighted by molar-refractivity contribution is 6.30. The fourth-order valence-electron chi connectivity index (χ4n) is 5.43. The second-order valence-electron chi connectivity index (χ2n) is 10.2. The first-order valence-electron chi connectivity index (χ1n) is 12.1.